The third-order valence-electron chi connectivity index (χ3n) is 5.36. The summed E-state index contributed by atoms with van der Waals surface area (Å²) in [7, 11) is 6.03. The van der Waals surface area contributed by atoms with Gasteiger partial charge in [-0.15, -0.1) is 4.59 Å². The predicted molar refractivity (Wildman–Crippen MR) is 120 cm³/mol. The number of allylic oxidation sites excluding steroid dienone is 5. The Morgan fingerprint density at radius 2 is 1.86 bits per heavy atom. The van der Waals surface area contributed by atoms with Crippen LogP contribution in [0, 0.1) is 5.82 Å². The van der Waals surface area contributed by atoms with Crippen LogP contribution in [0.4, 0.5) is 10.1 Å². The molecule has 0 fully saturated rings. The van der Waals surface area contributed by atoms with Crippen LogP contribution in [0.5, 0.6) is 0 Å². The highest BCUT2D eigenvalue weighted by molar-refractivity contribution is 5.92. The molecule has 2 aliphatic rings. The number of nitrogens with zero attached hydrogens (tertiary/aromatic N) is 3. The SMILES string of the molecule is C=C1C=CC(c2cccc(CN(C)C)c2)=C1C1=CC=N[N+]1(C)c1ccccc1F. The average molecular weight is 386 g/mol. The molecule has 1 heterocycles. The Kier molecular flexibility index (Phi) is 4.91. The van der Waals surface area contributed by atoms with Crippen molar-refractivity contribution < 1.29 is 4.39 Å². The van der Waals surface area contributed by atoms with Gasteiger partial charge in [0, 0.05) is 18.7 Å². The van der Waals surface area contributed by atoms with E-state index >= 15 is 0 Å². The third kappa shape index (κ3) is 3.41. The number of rotatable bonds is 5. The first-order valence-electron chi connectivity index (χ1n) is 9.64. The van der Waals surface area contributed by atoms with E-state index in [4.69, 9.17) is 0 Å². The van der Waals surface area contributed by atoms with E-state index in [2.05, 4.69) is 61.0 Å². The van der Waals surface area contributed by atoms with Gasteiger partial charge in [-0.25, -0.2) is 4.39 Å². The minimum Gasteiger partial charge on any atom is -0.305 e. The van der Waals surface area contributed by atoms with Crippen molar-refractivity contribution in [2.45, 2.75) is 6.54 Å². The molecule has 0 spiro atoms. The summed E-state index contributed by atoms with van der Waals surface area (Å²) in [5, 5.41) is 4.61. The molecule has 0 bridgehead atoms. The van der Waals surface area contributed by atoms with E-state index in [9.17, 15) is 4.39 Å². The van der Waals surface area contributed by atoms with Crippen molar-refractivity contribution in [3.8, 4) is 0 Å². The summed E-state index contributed by atoms with van der Waals surface area (Å²) < 4.78 is 14.7. The lowest BCUT2D eigenvalue weighted by atomic mass is 9.96. The van der Waals surface area contributed by atoms with E-state index in [0.29, 0.717) is 5.69 Å². The Balaban J connectivity index is 1.83. The van der Waals surface area contributed by atoms with E-state index in [-0.39, 0.29) is 10.4 Å². The largest absolute Gasteiger partial charge is 0.305 e. The summed E-state index contributed by atoms with van der Waals surface area (Å²) in [6.07, 6.45) is 7.83. The molecule has 0 radical (unpaired) electrons. The van der Waals surface area contributed by atoms with Crippen LogP contribution >= 0.6 is 0 Å². The maximum absolute atomic E-state index is 14.7. The molecular weight excluding hydrogens is 361 g/mol. The number of para-hydroxylation sites is 1. The molecule has 0 amide bonds. The molecule has 1 aliphatic heterocycles. The Morgan fingerprint density at radius 1 is 1.07 bits per heavy atom. The molecule has 2 aromatic carbocycles. The van der Waals surface area contributed by atoms with Crippen LogP contribution in [0.1, 0.15) is 11.1 Å². The van der Waals surface area contributed by atoms with Gasteiger partial charge in [0.05, 0.1) is 11.8 Å². The minimum atomic E-state index is -0.272. The molecule has 4 rings (SSSR count). The summed E-state index contributed by atoms with van der Waals surface area (Å²) in [5.74, 6) is -0.272. The van der Waals surface area contributed by atoms with Crippen molar-refractivity contribution in [1.82, 2.24) is 9.49 Å². The highest BCUT2D eigenvalue weighted by Gasteiger charge is 2.40. The van der Waals surface area contributed by atoms with Crippen LogP contribution in [0.25, 0.3) is 5.57 Å². The van der Waals surface area contributed by atoms with E-state index in [0.717, 1.165) is 34.5 Å². The lowest BCUT2D eigenvalue weighted by molar-refractivity contribution is 0.402. The maximum atomic E-state index is 14.7. The number of hydrogen-bond acceptors (Lipinski definition) is 2. The van der Waals surface area contributed by atoms with Crippen LogP contribution in [-0.2, 0) is 6.54 Å². The van der Waals surface area contributed by atoms with Crippen molar-refractivity contribution >= 4 is 17.5 Å². The summed E-state index contributed by atoms with van der Waals surface area (Å²) in [6, 6.07) is 15.3. The Bertz CT molecular complexity index is 1100. The monoisotopic (exact) mass is 386 g/mol. The molecule has 0 saturated carbocycles. The zero-order chi connectivity index (χ0) is 20.6. The van der Waals surface area contributed by atoms with Gasteiger partial charge in [-0.2, -0.15) is 0 Å². The summed E-state index contributed by atoms with van der Waals surface area (Å²) in [4.78, 5) is 2.15. The smallest absolute Gasteiger partial charge is 0.200 e. The van der Waals surface area contributed by atoms with Gasteiger partial charge < -0.3 is 4.90 Å². The predicted octanol–water partition coefficient (Wildman–Crippen LogP) is 5.29. The van der Waals surface area contributed by atoms with E-state index in [1.54, 1.807) is 18.3 Å². The fourth-order valence-corrected chi connectivity index (χ4v) is 4.01. The van der Waals surface area contributed by atoms with Gasteiger partial charge in [0.2, 0.25) is 0 Å². The van der Waals surface area contributed by atoms with Crippen molar-refractivity contribution in [3.63, 3.8) is 0 Å². The molecule has 1 unspecified atom stereocenters. The standard InChI is InChI=1S/C25H25FN3/c1-18-12-13-21(20-9-7-8-19(16-20)17-28(2)3)25(18)24-14-15-27-29(24,4)23-11-6-5-10-22(23)26/h5-16H,1,17H2,2-4H3/q+1. The fourth-order valence-electron chi connectivity index (χ4n) is 4.01. The summed E-state index contributed by atoms with van der Waals surface area (Å²) in [6.45, 7) is 5.13. The van der Waals surface area contributed by atoms with Crippen molar-refractivity contribution in [2.75, 3.05) is 21.1 Å². The summed E-state index contributed by atoms with van der Waals surface area (Å²) in [5.41, 5.74) is 6.81. The highest BCUT2D eigenvalue weighted by Crippen LogP contribution is 2.43. The molecule has 29 heavy (non-hydrogen) atoms. The normalized spacial score (nSPS) is 20.9. The molecule has 3 nitrogen and oxygen atoms in total. The zero-order valence-electron chi connectivity index (χ0n) is 17.1. The molecule has 1 aliphatic carbocycles. The molecule has 4 heteroatoms. The second-order valence-corrected chi connectivity index (χ2v) is 7.81. The second-order valence-electron chi connectivity index (χ2n) is 7.81. The number of benzene rings is 2. The van der Waals surface area contributed by atoms with Crippen LogP contribution in [0.15, 0.2) is 95.3 Å². The lowest BCUT2D eigenvalue weighted by Gasteiger charge is -2.28. The third-order valence-corrected chi connectivity index (χ3v) is 5.36. The molecular formula is C25H25FN3+. The van der Waals surface area contributed by atoms with Crippen LogP contribution < -0.4 is 4.59 Å². The highest BCUT2D eigenvalue weighted by atomic mass is 19.1. The Labute approximate surface area is 171 Å². The van der Waals surface area contributed by atoms with Gasteiger partial charge in [0.1, 0.15) is 7.05 Å². The van der Waals surface area contributed by atoms with Crippen molar-refractivity contribution in [2.24, 2.45) is 5.10 Å². The molecule has 0 aromatic heterocycles. The first-order chi connectivity index (χ1) is 13.9. The van der Waals surface area contributed by atoms with Crippen molar-refractivity contribution in [1.29, 1.82) is 0 Å². The topological polar surface area (TPSA) is 15.6 Å². The molecule has 0 N–H and O–H groups in total. The minimum absolute atomic E-state index is 0.0313. The average Bonchev–Trinajstić information content (AvgIpc) is 3.24. The first-order valence-corrected chi connectivity index (χ1v) is 9.64. The zero-order valence-corrected chi connectivity index (χ0v) is 17.1. The van der Waals surface area contributed by atoms with Gasteiger partial charge in [0.25, 0.3) is 0 Å². The number of quaternary nitrogens is 1. The quantitative estimate of drug-likeness (QED) is 0.638. The van der Waals surface area contributed by atoms with E-state index in [1.807, 2.05) is 25.3 Å². The van der Waals surface area contributed by atoms with Gasteiger partial charge in [-0.05, 0) is 48.5 Å². The van der Waals surface area contributed by atoms with Gasteiger partial charge in [-0.3, -0.25) is 0 Å². The molecule has 1 atom stereocenters. The Morgan fingerprint density at radius 3 is 2.62 bits per heavy atom. The fraction of sp³-hybridized carbons (Fsp3) is 0.160. The lowest BCUT2D eigenvalue weighted by Crippen LogP contribution is -2.37. The van der Waals surface area contributed by atoms with Gasteiger partial charge >= 0.3 is 0 Å². The van der Waals surface area contributed by atoms with E-state index < -0.39 is 0 Å². The van der Waals surface area contributed by atoms with Crippen LogP contribution in [0.2, 0.25) is 0 Å². The van der Waals surface area contributed by atoms with Crippen molar-refractivity contribution in [3.05, 3.63) is 107 Å². The molecule has 2 aromatic rings. The second kappa shape index (κ2) is 7.39. The number of halogens is 1. The van der Waals surface area contributed by atoms with Crippen LogP contribution in [-0.4, -0.2) is 32.3 Å². The first kappa shape index (κ1) is 19.2. The van der Waals surface area contributed by atoms with Gasteiger partial charge in [0.15, 0.2) is 17.2 Å². The molecule has 146 valence electrons. The maximum Gasteiger partial charge on any atom is 0.200 e. The number of hydrogen-bond donors (Lipinski definition) is 0. The molecule has 0 saturated heterocycles. The Hall–Kier alpha value is -3.08. The van der Waals surface area contributed by atoms with E-state index in [1.165, 1.54) is 11.6 Å². The summed E-state index contributed by atoms with van der Waals surface area (Å²) >= 11 is 0. The van der Waals surface area contributed by atoms with Crippen LogP contribution in [0.3, 0.4) is 0 Å². The van der Waals surface area contributed by atoms with Gasteiger partial charge in [-0.1, -0.05) is 54.2 Å². The number of likely N-dealkylation sites (N-methyl/N-ethyl adjacent to an activating group) is 1.